The van der Waals surface area contributed by atoms with Gasteiger partial charge in [-0.15, -0.1) is 11.6 Å². The number of esters is 1. The van der Waals surface area contributed by atoms with Crippen LogP contribution in [-0.4, -0.2) is 48.5 Å². The number of nitrogens with zero attached hydrogens (tertiary/aromatic N) is 1. The summed E-state index contributed by atoms with van der Waals surface area (Å²) in [5.41, 5.74) is -0.536. The first kappa shape index (κ1) is 14.4. The second kappa shape index (κ2) is 6.95. The predicted molar refractivity (Wildman–Crippen MR) is 62.3 cm³/mol. The van der Waals surface area contributed by atoms with E-state index >= 15 is 0 Å². The zero-order valence-electron chi connectivity index (χ0n) is 9.77. The van der Waals surface area contributed by atoms with Crippen LogP contribution in [0.4, 0.5) is 0 Å². The van der Waals surface area contributed by atoms with E-state index in [1.165, 1.54) is 0 Å². The summed E-state index contributed by atoms with van der Waals surface area (Å²) in [7, 11) is 0. The third-order valence-electron chi connectivity index (χ3n) is 2.12. The number of hydrogen-bond donors (Lipinski definition) is 1. The SMILES string of the molecule is CCOC(=O)C(=NO[C@H]1CCNC1=O)C(=O)CCl. The van der Waals surface area contributed by atoms with Crippen molar-refractivity contribution in [1.29, 1.82) is 0 Å². The van der Waals surface area contributed by atoms with Gasteiger partial charge in [0, 0.05) is 13.0 Å². The van der Waals surface area contributed by atoms with E-state index in [9.17, 15) is 14.4 Å². The van der Waals surface area contributed by atoms with Crippen molar-refractivity contribution in [2.45, 2.75) is 19.4 Å². The van der Waals surface area contributed by atoms with Crippen LogP contribution in [-0.2, 0) is 24.0 Å². The van der Waals surface area contributed by atoms with Crippen LogP contribution in [0.25, 0.3) is 0 Å². The van der Waals surface area contributed by atoms with Crippen LogP contribution in [0.2, 0.25) is 0 Å². The van der Waals surface area contributed by atoms with E-state index in [1.807, 2.05) is 0 Å². The number of Topliss-reactive ketones (excluding diaryl/α,β-unsaturated/α-hetero) is 1. The summed E-state index contributed by atoms with van der Waals surface area (Å²) in [6, 6.07) is 0. The molecule has 0 unspecified atom stereocenters. The van der Waals surface area contributed by atoms with Crippen LogP contribution >= 0.6 is 11.6 Å². The van der Waals surface area contributed by atoms with Crippen molar-refractivity contribution in [3.63, 3.8) is 0 Å². The topological polar surface area (TPSA) is 94.1 Å². The molecule has 8 heteroatoms. The van der Waals surface area contributed by atoms with Crippen LogP contribution in [0.5, 0.6) is 0 Å². The van der Waals surface area contributed by atoms with Crippen molar-refractivity contribution in [1.82, 2.24) is 5.32 Å². The van der Waals surface area contributed by atoms with E-state index in [0.29, 0.717) is 13.0 Å². The van der Waals surface area contributed by atoms with Crippen molar-refractivity contribution in [2.24, 2.45) is 5.16 Å². The van der Waals surface area contributed by atoms with E-state index in [0.717, 1.165) is 0 Å². The Morgan fingerprint density at radius 2 is 2.28 bits per heavy atom. The second-order valence-corrected chi connectivity index (χ2v) is 3.66. The molecule has 1 amide bonds. The Hall–Kier alpha value is -1.63. The highest BCUT2D eigenvalue weighted by Gasteiger charge is 2.28. The first-order chi connectivity index (χ1) is 8.60. The summed E-state index contributed by atoms with van der Waals surface area (Å²) in [6.07, 6.45) is -0.370. The third kappa shape index (κ3) is 3.69. The molecule has 1 rings (SSSR count). The first-order valence-electron chi connectivity index (χ1n) is 5.38. The molecule has 0 radical (unpaired) electrons. The number of amides is 1. The van der Waals surface area contributed by atoms with E-state index in [-0.39, 0.29) is 12.5 Å². The summed E-state index contributed by atoms with van der Waals surface area (Å²) in [6.45, 7) is 2.15. The molecule has 1 N–H and O–H groups in total. The molecule has 0 aromatic carbocycles. The Kier molecular flexibility index (Phi) is 5.57. The Bertz CT molecular complexity index is 382. The number of carbonyl (C=O) groups is 3. The molecule has 7 nitrogen and oxygen atoms in total. The Morgan fingerprint density at radius 3 is 2.78 bits per heavy atom. The number of carbonyl (C=O) groups excluding carboxylic acids is 3. The number of nitrogens with one attached hydrogen (secondary N) is 1. The largest absolute Gasteiger partial charge is 0.461 e. The Morgan fingerprint density at radius 1 is 1.56 bits per heavy atom. The minimum Gasteiger partial charge on any atom is -0.461 e. The molecule has 1 heterocycles. The maximum atomic E-state index is 11.4. The van der Waals surface area contributed by atoms with Crippen molar-refractivity contribution in [3.8, 4) is 0 Å². The number of rotatable bonds is 6. The van der Waals surface area contributed by atoms with E-state index < -0.39 is 29.4 Å². The summed E-state index contributed by atoms with van der Waals surface area (Å²) in [5.74, 6) is -2.38. The highest BCUT2D eigenvalue weighted by Crippen LogP contribution is 2.06. The average Bonchev–Trinajstić information content (AvgIpc) is 2.75. The van der Waals surface area contributed by atoms with Crippen LogP contribution in [0.1, 0.15) is 13.3 Å². The standard InChI is InChI=1S/C10H13ClN2O5/c1-2-17-10(16)8(6(14)5-11)13-18-7-3-4-12-9(7)15/h7H,2-5H2,1H3,(H,12,15)/t7-/m0/s1. The predicted octanol–water partition coefficient (Wildman–Crippen LogP) is -0.381. The monoisotopic (exact) mass is 276 g/mol. The smallest absolute Gasteiger partial charge is 0.364 e. The van der Waals surface area contributed by atoms with Crippen LogP contribution in [0.3, 0.4) is 0 Å². The van der Waals surface area contributed by atoms with Gasteiger partial charge < -0.3 is 14.9 Å². The van der Waals surface area contributed by atoms with Crippen molar-refractivity contribution < 1.29 is 24.0 Å². The molecule has 0 spiro atoms. The molecule has 1 aliphatic rings. The molecular weight excluding hydrogens is 264 g/mol. The summed E-state index contributed by atoms with van der Waals surface area (Å²) < 4.78 is 4.64. The van der Waals surface area contributed by atoms with Gasteiger partial charge in [-0.3, -0.25) is 9.59 Å². The van der Waals surface area contributed by atoms with Gasteiger partial charge in [-0.25, -0.2) is 4.79 Å². The van der Waals surface area contributed by atoms with Gasteiger partial charge in [-0.05, 0) is 6.92 Å². The van der Waals surface area contributed by atoms with Crippen molar-refractivity contribution in [2.75, 3.05) is 19.0 Å². The number of alkyl halides is 1. The van der Waals surface area contributed by atoms with Gasteiger partial charge in [0.1, 0.15) is 0 Å². The first-order valence-corrected chi connectivity index (χ1v) is 5.91. The van der Waals surface area contributed by atoms with Gasteiger partial charge in [-0.2, -0.15) is 0 Å². The van der Waals surface area contributed by atoms with Gasteiger partial charge >= 0.3 is 5.97 Å². The van der Waals surface area contributed by atoms with Crippen molar-refractivity contribution in [3.05, 3.63) is 0 Å². The lowest BCUT2D eigenvalue weighted by Gasteiger charge is -2.06. The molecular formula is C10H13ClN2O5. The summed E-state index contributed by atoms with van der Waals surface area (Å²) >= 11 is 5.34. The Labute approximate surface area is 108 Å². The average molecular weight is 277 g/mol. The van der Waals surface area contributed by atoms with E-state index in [4.69, 9.17) is 16.4 Å². The van der Waals surface area contributed by atoms with Gasteiger partial charge in [0.15, 0.2) is 0 Å². The van der Waals surface area contributed by atoms with Gasteiger partial charge in [0.2, 0.25) is 17.6 Å². The normalized spacial score (nSPS) is 19.3. The third-order valence-corrected chi connectivity index (χ3v) is 2.37. The maximum Gasteiger partial charge on any atom is 0.364 e. The fourth-order valence-electron chi connectivity index (χ4n) is 1.25. The zero-order chi connectivity index (χ0) is 13.5. The molecule has 0 aromatic heterocycles. The van der Waals surface area contributed by atoms with E-state index in [2.05, 4.69) is 15.2 Å². The lowest BCUT2D eigenvalue weighted by atomic mass is 10.3. The van der Waals surface area contributed by atoms with Crippen molar-refractivity contribution >= 4 is 35.0 Å². The second-order valence-electron chi connectivity index (χ2n) is 3.39. The molecule has 100 valence electrons. The van der Waals surface area contributed by atoms with E-state index in [1.54, 1.807) is 6.92 Å². The molecule has 1 aliphatic heterocycles. The molecule has 0 bridgehead atoms. The fraction of sp³-hybridized carbons (Fsp3) is 0.600. The molecule has 1 atom stereocenters. The highest BCUT2D eigenvalue weighted by atomic mass is 35.5. The lowest BCUT2D eigenvalue weighted by Crippen LogP contribution is -2.30. The highest BCUT2D eigenvalue weighted by molar-refractivity contribution is 6.67. The Balaban J connectivity index is 2.72. The van der Waals surface area contributed by atoms with Crippen LogP contribution in [0, 0.1) is 0 Å². The number of halogens is 1. The number of ether oxygens (including phenoxy) is 1. The van der Waals surface area contributed by atoms with Crippen LogP contribution in [0.15, 0.2) is 5.16 Å². The number of ketones is 1. The number of oxime groups is 1. The summed E-state index contributed by atoms with van der Waals surface area (Å²) in [4.78, 5) is 38.8. The molecule has 0 aromatic rings. The molecule has 1 saturated heterocycles. The minimum atomic E-state index is -0.915. The zero-order valence-corrected chi connectivity index (χ0v) is 10.5. The fourth-order valence-corrected chi connectivity index (χ4v) is 1.38. The van der Waals surface area contributed by atoms with Gasteiger partial charge in [0.25, 0.3) is 5.91 Å². The molecule has 0 saturated carbocycles. The minimum absolute atomic E-state index is 0.0946. The van der Waals surface area contributed by atoms with Crippen LogP contribution < -0.4 is 5.32 Å². The lowest BCUT2D eigenvalue weighted by molar-refractivity contribution is -0.137. The molecule has 0 aliphatic carbocycles. The number of hydrogen-bond acceptors (Lipinski definition) is 6. The molecule has 18 heavy (non-hydrogen) atoms. The maximum absolute atomic E-state index is 11.4. The molecule has 1 fully saturated rings. The van der Waals surface area contributed by atoms with Gasteiger partial charge in [-0.1, -0.05) is 5.16 Å². The van der Waals surface area contributed by atoms with Gasteiger partial charge in [0.05, 0.1) is 12.5 Å². The summed E-state index contributed by atoms with van der Waals surface area (Å²) in [5, 5.41) is 5.92. The quantitative estimate of drug-likeness (QED) is 0.235.